The van der Waals surface area contributed by atoms with Gasteiger partial charge >= 0.3 is 0 Å². The molecular weight excluding hydrogens is 206 g/mol. The normalized spacial score (nSPS) is 17.2. The highest BCUT2D eigenvalue weighted by Crippen LogP contribution is 2.36. The average Bonchev–Trinajstić information content (AvgIpc) is 2.75. The summed E-state index contributed by atoms with van der Waals surface area (Å²) in [7, 11) is 0. The number of anilines is 1. The van der Waals surface area contributed by atoms with Crippen molar-refractivity contribution < 1.29 is 0 Å². The molecule has 1 aromatic heterocycles. The third-order valence-corrected chi connectivity index (χ3v) is 3.67. The Kier molecular flexibility index (Phi) is 3.14. The lowest BCUT2D eigenvalue weighted by molar-refractivity contribution is 0.673. The SMILES string of the molecule is CSc1nc(N)c(C)c(C2CCCC2)n1. The molecule has 0 unspecified atom stereocenters. The average molecular weight is 223 g/mol. The molecule has 0 spiro atoms. The number of hydrogen-bond donors (Lipinski definition) is 1. The van der Waals surface area contributed by atoms with Crippen molar-refractivity contribution in [1.29, 1.82) is 0 Å². The fourth-order valence-corrected chi connectivity index (χ4v) is 2.60. The molecule has 0 aromatic carbocycles. The van der Waals surface area contributed by atoms with Gasteiger partial charge in [-0.25, -0.2) is 9.97 Å². The van der Waals surface area contributed by atoms with Gasteiger partial charge in [-0.15, -0.1) is 0 Å². The van der Waals surface area contributed by atoms with Gasteiger partial charge in [0, 0.05) is 11.5 Å². The highest BCUT2D eigenvalue weighted by Gasteiger charge is 2.22. The maximum atomic E-state index is 5.90. The minimum atomic E-state index is 0.612. The van der Waals surface area contributed by atoms with E-state index in [-0.39, 0.29) is 0 Å². The van der Waals surface area contributed by atoms with Crippen LogP contribution in [-0.4, -0.2) is 16.2 Å². The molecular formula is C11H17N3S. The summed E-state index contributed by atoms with van der Waals surface area (Å²) >= 11 is 1.56. The first-order valence-corrected chi connectivity index (χ1v) is 6.63. The van der Waals surface area contributed by atoms with Crippen LogP contribution < -0.4 is 5.73 Å². The van der Waals surface area contributed by atoms with Crippen LogP contribution in [0.1, 0.15) is 42.9 Å². The topological polar surface area (TPSA) is 51.8 Å². The van der Waals surface area contributed by atoms with Crippen molar-refractivity contribution in [2.75, 3.05) is 12.0 Å². The summed E-state index contributed by atoms with van der Waals surface area (Å²) in [5.41, 5.74) is 8.17. The summed E-state index contributed by atoms with van der Waals surface area (Å²) in [6.45, 7) is 2.03. The van der Waals surface area contributed by atoms with E-state index >= 15 is 0 Å². The zero-order valence-electron chi connectivity index (χ0n) is 9.29. The highest BCUT2D eigenvalue weighted by molar-refractivity contribution is 7.98. The van der Waals surface area contributed by atoms with E-state index in [9.17, 15) is 0 Å². The molecule has 2 rings (SSSR count). The predicted octanol–water partition coefficient (Wildman–Crippen LogP) is 2.75. The van der Waals surface area contributed by atoms with E-state index in [1.165, 1.54) is 31.4 Å². The van der Waals surface area contributed by atoms with E-state index in [0.717, 1.165) is 10.7 Å². The molecule has 0 radical (unpaired) electrons. The van der Waals surface area contributed by atoms with Crippen LogP contribution in [0.25, 0.3) is 0 Å². The van der Waals surface area contributed by atoms with Crippen LogP contribution in [0.15, 0.2) is 5.16 Å². The number of thioether (sulfide) groups is 1. The fraction of sp³-hybridized carbons (Fsp3) is 0.636. The Balaban J connectivity index is 2.39. The van der Waals surface area contributed by atoms with E-state index in [2.05, 4.69) is 9.97 Å². The summed E-state index contributed by atoms with van der Waals surface area (Å²) in [5, 5.41) is 0.806. The second-order valence-corrected chi connectivity index (χ2v) is 4.86. The Labute approximate surface area is 94.9 Å². The zero-order valence-corrected chi connectivity index (χ0v) is 10.1. The van der Waals surface area contributed by atoms with E-state index < -0.39 is 0 Å². The first-order valence-electron chi connectivity index (χ1n) is 5.40. The molecule has 1 heterocycles. The molecule has 1 aromatic rings. The number of nitrogen functional groups attached to an aromatic ring is 1. The Morgan fingerprint density at radius 2 is 1.93 bits per heavy atom. The van der Waals surface area contributed by atoms with Gasteiger partial charge in [0.1, 0.15) is 5.82 Å². The lowest BCUT2D eigenvalue weighted by atomic mass is 10.00. The van der Waals surface area contributed by atoms with Gasteiger partial charge in [0.25, 0.3) is 0 Å². The first kappa shape index (κ1) is 10.7. The summed E-state index contributed by atoms with van der Waals surface area (Å²) in [4.78, 5) is 8.86. The van der Waals surface area contributed by atoms with Crippen LogP contribution in [0.2, 0.25) is 0 Å². The molecule has 0 amide bonds. The van der Waals surface area contributed by atoms with Crippen LogP contribution in [0, 0.1) is 6.92 Å². The van der Waals surface area contributed by atoms with Crippen molar-refractivity contribution in [3.63, 3.8) is 0 Å². The summed E-state index contributed by atoms with van der Waals surface area (Å²) < 4.78 is 0. The molecule has 15 heavy (non-hydrogen) atoms. The van der Waals surface area contributed by atoms with Crippen molar-refractivity contribution in [3.8, 4) is 0 Å². The van der Waals surface area contributed by atoms with Crippen molar-refractivity contribution in [1.82, 2.24) is 9.97 Å². The third-order valence-electron chi connectivity index (χ3n) is 3.13. The molecule has 0 saturated heterocycles. The minimum absolute atomic E-state index is 0.612. The second kappa shape index (κ2) is 4.39. The van der Waals surface area contributed by atoms with E-state index in [0.29, 0.717) is 11.7 Å². The molecule has 1 aliphatic carbocycles. The lowest BCUT2D eigenvalue weighted by Gasteiger charge is -2.13. The van der Waals surface area contributed by atoms with E-state index in [4.69, 9.17) is 5.73 Å². The van der Waals surface area contributed by atoms with E-state index in [1.807, 2.05) is 13.2 Å². The van der Waals surface area contributed by atoms with Gasteiger partial charge < -0.3 is 5.73 Å². The summed E-state index contributed by atoms with van der Waals surface area (Å²) in [6.07, 6.45) is 7.14. The largest absolute Gasteiger partial charge is 0.383 e. The van der Waals surface area contributed by atoms with Gasteiger partial charge in [0.15, 0.2) is 5.16 Å². The Morgan fingerprint density at radius 1 is 1.27 bits per heavy atom. The van der Waals surface area contributed by atoms with Crippen LogP contribution in [0.5, 0.6) is 0 Å². The van der Waals surface area contributed by atoms with Crippen LogP contribution >= 0.6 is 11.8 Å². The quantitative estimate of drug-likeness (QED) is 0.618. The molecule has 0 bridgehead atoms. The zero-order chi connectivity index (χ0) is 10.8. The van der Waals surface area contributed by atoms with Gasteiger partial charge in [-0.1, -0.05) is 24.6 Å². The lowest BCUT2D eigenvalue weighted by Crippen LogP contribution is -2.07. The molecule has 2 N–H and O–H groups in total. The van der Waals surface area contributed by atoms with Gasteiger partial charge in [0.05, 0.1) is 5.69 Å². The molecule has 1 saturated carbocycles. The third kappa shape index (κ3) is 2.09. The summed E-state index contributed by atoms with van der Waals surface area (Å²) in [5.74, 6) is 1.26. The van der Waals surface area contributed by atoms with Crippen molar-refractivity contribution in [2.45, 2.75) is 43.7 Å². The van der Waals surface area contributed by atoms with Gasteiger partial charge in [-0.2, -0.15) is 0 Å². The van der Waals surface area contributed by atoms with Crippen molar-refractivity contribution >= 4 is 17.6 Å². The molecule has 1 fully saturated rings. The van der Waals surface area contributed by atoms with Gasteiger partial charge in [-0.05, 0) is 26.0 Å². The monoisotopic (exact) mass is 223 g/mol. The molecule has 1 aliphatic rings. The maximum Gasteiger partial charge on any atom is 0.189 e. The number of nitrogens with zero attached hydrogens (tertiary/aromatic N) is 2. The van der Waals surface area contributed by atoms with Crippen LogP contribution in [0.3, 0.4) is 0 Å². The highest BCUT2D eigenvalue weighted by atomic mass is 32.2. The Bertz CT molecular complexity index is 359. The Hall–Kier alpha value is -0.770. The standard InChI is InChI=1S/C11H17N3S/c1-7-9(8-5-3-4-6-8)13-11(15-2)14-10(7)12/h8H,3-6H2,1-2H3,(H2,12,13,14). The van der Waals surface area contributed by atoms with Crippen LogP contribution in [-0.2, 0) is 0 Å². The van der Waals surface area contributed by atoms with Crippen molar-refractivity contribution in [3.05, 3.63) is 11.3 Å². The fourth-order valence-electron chi connectivity index (χ4n) is 2.22. The number of hydrogen-bond acceptors (Lipinski definition) is 4. The number of nitrogens with two attached hydrogens (primary N) is 1. The van der Waals surface area contributed by atoms with E-state index in [1.54, 1.807) is 11.8 Å². The predicted molar refractivity (Wildman–Crippen MR) is 64.2 cm³/mol. The maximum absolute atomic E-state index is 5.90. The summed E-state index contributed by atoms with van der Waals surface area (Å²) in [6, 6.07) is 0. The number of rotatable bonds is 2. The number of aromatic nitrogens is 2. The molecule has 0 aliphatic heterocycles. The second-order valence-electron chi connectivity index (χ2n) is 4.09. The van der Waals surface area contributed by atoms with Crippen molar-refractivity contribution in [2.24, 2.45) is 0 Å². The smallest absolute Gasteiger partial charge is 0.189 e. The van der Waals surface area contributed by atoms with Gasteiger partial charge in [0.2, 0.25) is 0 Å². The molecule has 4 heteroatoms. The van der Waals surface area contributed by atoms with Gasteiger partial charge in [-0.3, -0.25) is 0 Å². The molecule has 82 valence electrons. The molecule has 0 atom stereocenters. The Morgan fingerprint density at radius 3 is 2.53 bits per heavy atom. The molecule has 3 nitrogen and oxygen atoms in total. The van der Waals surface area contributed by atoms with Crippen LogP contribution in [0.4, 0.5) is 5.82 Å². The minimum Gasteiger partial charge on any atom is -0.383 e. The first-order chi connectivity index (χ1) is 7.22.